The SMILES string of the molecule is CCCNC(C)c1cc(Br)ccc1N(C)C(C)C(C)(C)C. The smallest absolute Gasteiger partial charge is 0.0415 e. The van der Waals surface area contributed by atoms with Gasteiger partial charge in [-0.1, -0.05) is 43.6 Å². The molecule has 1 aromatic carbocycles. The predicted molar refractivity (Wildman–Crippen MR) is 98.2 cm³/mol. The molecule has 2 atom stereocenters. The van der Waals surface area contributed by atoms with Crippen LogP contribution in [0.5, 0.6) is 0 Å². The summed E-state index contributed by atoms with van der Waals surface area (Å²) in [6, 6.07) is 7.43. The second kappa shape index (κ2) is 7.64. The number of hydrogen-bond acceptors (Lipinski definition) is 2. The van der Waals surface area contributed by atoms with Crippen LogP contribution >= 0.6 is 15.9 Å². The van der Waals surface area contributed by atoms with E-state index in [4.69, 9.17) is 0 Å². The van der Waals surface area contributed by atoms with Gasteiger partial charge in [0.15, 0.2) is 0 Å². The lowest BCUT2D eigenvalue weighted by molar-refractivity contribution is 0.329. The maximum absolute atomic E-state index is 3.61. The number of benzene rings is 1. The second-order valence-corrected chi connectivity index (χ2v) is 7.95. The lowest BCUT2D eigenvalue weighted by atomic mass is 9.86. The fraction of sp³-hybridized carbons (Fsp3) is 0.667. The van der Waals surface area contributed by atoms with Crippen molar-refractivity contribution in [1.29, 1.82) is 0 Å². The van der Waals surface area contributed by atoms with Crippen LogP contribution in [0.25, 0.3) is 0 Å². The number of nitrogens with one attached hydrogen (secondary N) is 1. The first-order chi connectivity index (χ1) is 9.68. The van der Waals surface area contributed by atoms with Crippen molar-refractivity contribution in [2.24, 2.45) is 5.41 Å². The quantitative estimate of drug-likeness (QED) is 0.737. The first-order valence-corrected chi connectivity index (χ1v) is 8.73. The summed E-state index contributed by atoms with van der Waals surface area (Å²) in [7, 11) is 2.20. The molecular weight excluding hydrogens is 324 g/mol. The summed E-state index contributed by atoms with van der Waals surface area (Å²) in [4.78, 5) is 2.41. The zero-order chi connectivity index (χ0) is 16.2. The number of nitrogens with zero attached hydrogens (tertiary/aromatic N) is 1. The van der Waals surface area contributed by atoms with Gasteiger partial charge in [-0.2, -0.15) is 0 Å². The zero-order valence-corrected chi connectivity index (χ0v) is 16.2. The van der Waals surface area contributed by atoms with Gasteiger partial charge in [-0.15, -0.1) is 0 Å². The van der Waals surface area contributed by atoms with E-state index in [2.05, 4.69) is 92.9 Å². The molecule has 120 valence electrons. The molecule has 2 unspecified atom stereocenters. The van der Waals surface area contributed by atoms with E-state index in [0.29, 0.717) is 12.1 Å². The summed E-state index contributed by atoms with van der Waals surface area (Å²) in [6.07, 6.45) is 1.15. The third-order valence-electron chi connectivity index (χ3n) is 4.37. The lowest BCUT2D eigenvalue weighted by Gasteiger charge is -2.38. The molecule has 0 radical (unpaired) electrons. The van der Waals surface area contributed by atoms with E-state index < -0.39 is 0 Å². The van der Waals surface area contributed by atoms with Crippen LogP contribution in [0.1, 0.15) is 59.6 Å². The molecule has 0 saturated heterocycles. The van der Waals surface area contributed by atoms with E-state index in [-0.39, 0.29) is 5.41 Å². The summed E-state index contributed by atoms with van der Waals surface area (Å²) in [5, 5.41) is 3.60. The third kappa shape index (κ3) is 5.00. The molecule has 2 nitrogen and oxygen atoms in total. The van der Waals surface area contributed by atoms with Crippen molar-refractivity contribution in [3.63, 3.8) is 0 Å². The van der Waals surface area contributed by atoms with Gasteiger partial charge in [0, 0.05) is 29.3 Å². The van der Waals surface area contributed by atoms with E-state index in [0.717, 1.165) is 17.4 Å². The molecule has 0 aliphatic carbocycles. The van der Waals surface area contributed by atoms with E-state index in [1.807, 2.05) is 0 Å². The highest BCUT2D eigenvalue weighted by atomic mass is 79.9. The minimum atomic E-state index is 0.249. The molecule has 0 aliphatic heterocycles. The van der Waals surface area contributed by atoms with Crippen molar-refractivity contribution in [2.45, 2.75) is 60.0 Å². The molecule has 21 heavy (non-hydrogen) atoms. The van der Waals surface area contributed by atoms with Crippen molar-refractivity contribution in [1.82, 2.24) is 5.32 Å². The van der Waals surface area contributed by atoms with Gasteiger partial charge in [0.25, 0.3) is 0 Å². The van der Waals surface area contributed by atoms with Gasteiger partial charge in [0.2, 0.25) is 0 Å². The number of rotatable bonds is 6. The van der Waals surface area contributed by atoms with Crippen LogP contribution in [-0.2, 0) is 0 Å². The Morgan fingerprint density at radius 2 is 1.86 bits per heavy atom. The van der Waals surface area contributed by atoms with Crippen LogP contribution in [-0.4, -0.2) is 19.6 Å². The summed E-state index contributed by atoms with van der Waals surface area (Å²) >= 11 is 3.61. The van der Waals surface area contributed by atoms with Gasteiger partial charge in [-0.25, -0.2) is 0 Å². The van der Waals surface area contributed by atoms with E-state index in [1.165, 1.54) is 11.3 Å². The molecule has 1 rings (SSSR count). The van der Waals surface area contributed by atoms with Crippen molar-refractivity contribution in [3.05, 3.63) is 28.2 Å². The van der Waals surface area contributed by atoms with Crippen molar-refractivity contribution >= 4 is 21.6 Å². The molecule has 1 N–H and O–H groups in total. The molecule has 1 aromatic rings. The molecule has 0 saturated carbocycles. The topological polar surface area (TPSA) is 15.3 Å². The van der Waals surface area contributed by atoms with Gasteiger partial charge < -0.3 is 10.2 Å². The van der Waals surface area contributed by atoms with Gasteiger partial charge in [0.1, 0.15) is 0 Å². The monoisotopic (exact) mass is 354 g/mol. The van der Waals surface area contributed by atoms with E-state index in [1.54, 1.807) is 0 Å². The minimum absolute atomic E-state index is 0.249. The molecule has 0 amide bonds. The molecule has 0 aliphatic rings. The maximum Gasteiger partial charge on any atom is 0.0415 e. The molecule has 3 heteroatoms. The summed E-state index contributed by atoms with van der Waals surface area (Å²) in [5.41, 5.74) is 2.92. The van der Waals surface area contributed by atoms with Crippen molar-refractivity contribution in [2.75, 3.05) is 18.5 Å². The Bertz CT molecular complexity index is 451. The highest BCUT2D eigenvalue weighted by Crippen LogP contribution is 2.33. The van der Waals surface area contributed by atoms with Crippen LogP contribution < -0.4 is 10.2 Å². The maximum atomic E-state index is 3.61. The fourth-order valence-electron chi connectivity index (χ4n) is 2.45. The van der Waals surface area contributed by atoms with Gasteiger partial charge in [0.05, 0.1) is 0 Å². The van der Waals surface area contributed by atoms with E-state index in [9.17, 15) is 0 Å². The predicted octanol–water partition coefficient (Wildman–Crippen LogP) is 5.38. The number of halogens is 1. The Labute approximate surface area is 139 Å². The minimum Gasteiger partial charge on any atom is -0.371 e. The lowest BCUT2D eigenvalue weighted by Crippen LogP contribution is -2.40. The molecule has 0 heterocycles. The fourth-order valence-corrected chi connectivity index (χ4v) is 2.83. The summed E-state index contributed by atoms with van der Waals surface area (Å²) in [5.74, 6) is 0. The van der Waals surface area contributed by atoms with Gasteiger partial charge in [-0.05, 0) is 56.0 Å². The average Bonchev–Trinajstić information content (AvgIpc) is 2.42. The van der Waals surface area contributed by atoms with Crippen LogP contribution in [0, 0.1) is 5.41 Å². The largest absolute Gasteiger partial charge is 0.371 e. The highest BCUT2D eigenvalue weighted by molar-refractivity contribution is 9.10. The van der Waals surface area contributed by atoms with Crippen LogP contribution in [0.3, 0.4) is 0 Å². The average molecular weight is 355 g/mol. The third-order valence-corrected chi connectivity index (χ3v) is 4.86. The molecular formula is C18H31BrN2. The Balaban J connectivity index is 3.11. The second-order valence-electron chi connectivity index (χ2n) is 7.03. The van der Waals surface area contributed by atoms with Crippen LogP contribution in [0.15, 0.2) is 22.7 Å². The number of hydrogen-bond donors (Lipinski definition) is 1. The molecule has 0 fully saturated rings. The highest BCUT2D eigenvalue weighted by Gasteiger charge is 2.26. The van der Waals surface area contributed by atoms with Gasteiger partial charge in [-0.3, -0.25) is 0 Å². The van der Waals surface area contributed by atoms with Crippen molar-refractivity contribution in [3.8, 4) is 0 Å². The van der Waals surface area contributed by atoms with E-state index >= 15 is 0 Å². The zero-order valence-electron chi connectivity index (χ0n) is 14.6. The standard InChI is InChI=1S/C18H31BrN2/c1-8-11-20-13(2)16-12-15(19)9-10-17(16)21(7)14(3)18(4,5)6/h9-10,12-14,20H,8,11H2,1-7H3. The first-order valence-electron chi connectivity index (χ1n) is 7.94. The Morgan fingerprint density at radius 3 is 2.38 bits per heavy atom. The molecule has 0 bridgehead atoms. The van der Waals surface area contributed by atoms with Crippen LogP contribution in [0.2, 0.25) is 0 Å². The Kier molecular flexibility index (Phi) is 6.73. The molecule has 0 spiro atoms. The van der Waals surface area contributed by atoms with Gasteiger partial charge >= 0.3 is 0 Å². The summed E-state index contributed by atoms with van der Waals surface area (Å²) < 4.78 is 1.14. The normalized spacial score (nSPS) is 14.9. The Hall–Kier alpha value is -0.540. The number of anilines is 1. The van der Waals surface area contributed by atoms with Crippen molar-refractivity contribution < 1.29 is 0 Å². The first kappa shape index (κ1) is 18.5. The summed E-state index contributed by atoms with van der Waals surface area (Å²) in [6.45, 7) is 14.7. The molecule has 0 aromatic heterocycles. The van der Waals surface area contributed by atoms with Crippen LogP contribution in [0.4, 0.5) is 5.69 Å². The Morgan fingerprint density at radius 1 is 1.24 bits per heavy atom.